The predicted molar refractivity (Wildman–Crippen MR) is 79.2 cm³/mol. The van der Waals surface area contributed by atoms with Crippen LogP contribution >= 0.6 is 0 Å². The van der Waals surface area contributed by atoms with Crippen molar-refractivity contribution in [1.82, 2.24) is 4.90 Å². The van der Waals surface area contributed by atoms with Crippen molar-refractivity contribution in [2.45, 2.75) is 32.6 Å². The fourth-order valence-corrected chi connectivity index (χ4v) is 2.63. The summed E-state index contributed by atoms with van der Waals surface area (Å²) in [5, 5.41) is 2.54. The Morgan fingerprint density at radius 2 is 1.77 bits per heavy atom. The summed E-state index contributed by atoms with van der Waals surface area (Å²) in [7, 11) is 0. The van der Waals surface area contributed by atoms with Crippen LogP contribution in [-0.4, -0.2) is 29.8 Å². The normalized spacial score (nSPS) is 15.7. The Morgan fingerprint density at radius 1 is 1.18 bits per heavy atom. The van der Waals surface area contributed by atoms with Gasteiger partial charge in [-0.2, -0.15) is 0 Å². The number of halogens is 2. The number of rotatable bonds is 4. The van der Waals surface area contributed by atoms with Gasteiger partial charge in [0.05, 0.1) is 0 Å². The lowest BCUT2D eigenvalue weighted by molar-refractivity contribution is -0.134. The molecule has 22 heavy (non-hydrogen) atoms. The van der Waals surface area contributed by atoms with E-state index in [0.717, 1.165) is 24.6 Å². The van der Waals surface area contributed by atoms with Gasteiger partial charge in [0.15, 0.2) is 0 Å². The van der Waals surface area contributed by atoms with Crippen LogP contribution in [0.15, 0.2) is 18.2 Å². The van der Waals surface area contributed by atoms with Crippen molar-refractivity contribution < 1.29 is 18.4 Å². The van der Waals surface area contributed by atoms with E-state index in [4.69, 9.17) is 0 Å². The zero-order valence-corrected chi connectivity index (χ0v) is 12.6. The first-order chi connectivity index (χ1) is 10.5. The molecule has 1 fully saturated rings. The van der Waals surface area contributed by atoms with E-state index >= 15 is 0 Å². The van der Waals surface area contributed by atoms with Crippen LogP contribution in [0.5, 0.6) is 0 Å². The molecule has 1 N–H and O–H groups in total. The van der Waals surface area contributed by atoms with Crippen LogP contribution in [-0.2, 0) is 9.59 Å². The van der Waals surface area contributed by atoms with Gasteiger partial charge in [0.2, 0.25) is 11.8 Å². The second-order valence-corrected chi connectivity index (χ2v) is 5.55. The Balaban J connectivity index is 1.88. The SMILES string of the molecule is CCCC(=O)N1CCC(C(=O)Nc2cc(F)cc(F)c2)CC1. The third-order valence-electron chi connectivity index (χ3n) is 3.81. The van der Waals surface area contributed by atoms with E-state index in [1.807, 2.05) is 6.92 Å². The Labute approximate surface area is 128 Å². The number of amides is 2. The van der Waals surface area contributed by atoms with Crippen LogP contribution in [0.1, 0.15) is 32.6 Å². The van der Waals surface area contributed by atoms with Crippen LogP contribution < -0.4 is 5.32 Å². The fourth-order valence-electron chi connectivity index (χ4n) is 2.63. The molecule has 0 bridgehead atoms. The summed E-state index contributed by atoms with van der Waals surface area (Å²) in [6.45, 7) is 3.05. The minimum Gasteiger partial charge on any atom is -0.343 e. The van der Waals surface area contributed by atoms with Crippen molar-refractivity contribution in [3.05, 3.63) is 29.8 Å². The number of likely N-dealkylation sites (tertiary alicyclic amines) is 1. The Hall–Kier alpha value is -1.98. The highest BCUT2D eigenvalue weighted by Gasteiger charge is 2.27. The average molecular weight is 310 g/mol. The molecule has 0 spiro atoms. The Kier molecular flexibility index (Phi) is 5.46. The molecule has 1 aliphatic rings. The number of hydrogen-bond acceptors (Lipinski definition) is 2. The van der Waals surface area contributed by atoms with Gasteiger partial charge >= 0.3 is 0 Å². The van der Waals surface area contributed by atoms with Crippen LogP contribution in [0, 0.1) is 17.6 Å². The van der Waals surface area contributed by atoms with Gasteiger partial charge < -0.3 is 10.2 Å². The number of nitrogens with zero attached hydrogens (tertiary/aromatic N) is 1. The largest absolute Gasteiger partial charge is 0.343 e. The zero-order valence-electron chi connectivity index (χ0n) is 12.6. The summed E-state index contributed by atoms with van der Waals surface area (Å²) in [5.41, 5.74) is 0.118. The Bertz CT molecular complexity index is 535. The van der Waals surface area contributed by atoms with E-state index in [0.29, 0.717) is 32.4 Å². The first kappa shape index (κ1) is 16.4. The molecule has 2 amide bonds. The molecular formula is C16H20F2N2O2. The maximum atomic E-state index is 13.1. The lowest BCUT2D eigenvalue weighted by Gasteiger charge is -2.31. The highest BCUT2D eigenvalue weighted by Crippen LogP contribution is 2.21. The number of carbonyl (C=O) groups is 2. The predicted octanol–water partition coefficient (Wildman–Crippen LogP) is 2.94. The number of piperidine rings is 1. The van der Waals surface area contributed by atoms with Gasteiger partial charge in [0.25, 0.3) is 0 Å². The number of hydrogen-bond donors (Lipinski definition) is 1. The van der Waals surface area contributed by atoms with Gasteiger partial charge in [0, 0.05) is 37.2 Å². The summed E-state index contributed by atoms with van der Waals surface area (Å²) < 4.78 is 26.2. The molecule has 120 valence electrons. The van der Waals surface area contributed by atoms with E-state index in [1.165, 1.54) is 0 Å². The topological polar surface area (TPSA) is 49.4 Å². The maximum absolute atomic E-state index is 13.1. The molecule has 4 nitrogen and oxygen atoms in total. The summed E-state index contributed by atoms with van der Waals surface area (Å²) in [4.78, 5) is 25.7. The Morgan fingerprint density at radius 3 is 2.32 bits per heavy atom. The standard InChI is InChI=1S/C16H20F2N2O2/c1-2-3-15(21)20-6-4-11(5-7-20)16(22)19-14-9-12(17)8-13(18)10-14/h8-11H,2-7H2,1H3,(H,19,22). The van der Waals surface area contributed by atoms with Crippen LogP contribution in [0.25, 0.3) is 0 Å². The van der Waals surface area contributed by atoms with Crippen molar-refractivity contribution in [3.8, 4) is 0 Å². The summed E-state index contributed by atoms with van der Waals surface area (Å²) >= 11 is 0. The average Bonchev–Trinajstić information content (AvgIpc) is 2.46. The summed E-state index contributed by atoms with van der Waals surface area (Å²) in [6.07, 6.45) is 2.47. The molecule has 0 atom stereocenters. The van der Waals surface area contributed by atoms with E-state index in [9.17, 15) is 18.4 Å². The number of benzene rings is 1. The smallest absolute Gasteiger partial charge is 0.227 e. The molecule has 0 unspecified atom stereocenters. The van der Waals surface area contributed by atoms with Gasteiger partial charge in [0.1, 0.15) is 11.6 Å². The molecule has 0 aromatic heterocycles. The monoisotopic (exact) mass is 310 g/mol. The second-order valence-electron chi connectivity index (χ2n) is 5.55. The van der Waals surface area contributed by atoms with Crippen molar-refractivity contribution in [2.24, 2.45) is 5.92 Å². The number of carbonyl (C=O) groups excluding carboxylic acids is 2. The first-order valence-electron chi connectivity index (χ1n) is 7.54. The van der Waals surface area contributed by atoms with Gasteiger partial charge in [-0.05, 0) is 31.4 Å². The fraction of sp³-hybridized carbons (Fsp3) is 0.500. The molecule has 0 saturated carbocycles. The lowest BCUT2D eigenvalue weighted by atomic mass is 9.95. The lowest BCUT2D eigenvalue weighted by Crippen LogP contribution is -2.41. The zero-order chi connectivity index (χ0) is 16.1. The van der Waals surface area contributed by atoms with Crippen molar-refractivity contribution in [2.75, 3.05) is 18.4 Å². The van der Waals surface area contributed by atoms with Crippen LogP contribution in [0.2, 0.25) is 0 Å². The minimum absolute atomic E-state index is 0.118. The minimum atomic E-state index is -0.727. The van der Waals surface area contributed by atoms with Crippen LogP contribution in [0.4, 0.5) is 14.5 Å². The molecule has 2 rings (SSSR count). The van der Waals surface area contributed by atoms with E-state index < -0.39 is 11.6 Å². The van der Waals surface area contributed by atoms with Crippen molar-refractivity contribution >= 4 is 17.5 Å². The highest BCUT2D eigenvalue weighted by atomic mass is 19.1. The van der Waals surface area contributed by atoms with E-state index in [-0.39, 0.29) is 23.4 Å². The number of nitrogens with one attached hydrogen (secondary N) is 1. The molecule has 1 aliphatic heterocycles. The van der Waals surface area contributed by atoms with Crippen molar-refractivity contribution in [1.29, 1.82) is 0 Å². The summed E-state index contributed by atoms with van der Waals surface area (Å²) in [5.74, 6) is -1.83. The first-order valence-corrected chi connectivity index (χ1v) is 7.54. The van der Waals surface area contributed by atoms with Gasteiger partial charge in [-0.1, -0.05) is 6.92 Å². The molecule has 0 aliphatic carbocycles. The van der Waals surface area contributed by atoms with Gasteiger partial charge in [-0.15, -0.1) is 0 Å². The third-order valence-corrected chi connectivity index (χ3v) is 3.81. The second kappa shape index (κ2) is 7.33. The molecule has 6 heteroatoms. The molecule has 1 aromatic rings. The van der Waals surface area contributed by atoms with Crippen molar-refractivity contribution in [3.63, 3.8) is 0 Å². The molecular weight excluding hydrogens is 290 g/mol. The molecule has 1 heterocycles. The number of anilines is 1. The van der Waals surface area contributed by atoms with E-state index in [2.05, 4.69) is 5.32 Å². The maximum Gasteiger partial charge on any atom is 0.227 e. The van der Waals surface area contributed by atoms with E-state index in [1.54, 1.807) is 4.90 Å². The highest BCUT2D eigenvalue weighted by molar-refractivity contribution is 5.92. The van der Waals surface area contributed by atoms with Gasteiger partial charge in [-0.25, -0.2) is 8.78 Å². The molecule has 1 aromatic carbocycles. The molecule has 0 radical (unpaired) electrons. The third kappa shape index (κ3) is 4.26. The quantitative estimate of drug-likeness (QED) is 0.929. The van der Waals surface area contributed by atoms with Gasteiger partial charge in [-0.3, -0.25) is 9.59 Å². The van der Waals surface area contributed by atoms with Crippen LogP contribution in [0.3, 0.4) is 0 Å². The molecule has 1 saturated heterocycles. The summed E-state index contributed by atoms with van der Waals surface area (Å²) in [6, 6.07) is 2.93.